The van der Waals surface area contributed by atoms with Crippen LogP contribution in [0.15, 0.2) is 0 Å². The first kappa shape index (κ1) is 14.5. The van der Waals surface area contributed by atoms with Crippen LogP contribution in [0.5, 0.6) is 0 Å². The van der Waals surface area contributed by atoms with Gasteiger partial charge in [-0.2, -0.15) is 5.10 Å². The third-order valence-electron chi connectivity index (χ3n) is 3.75. The zero-order chi connectivity index (χ0) is 14.0. The maximum atomic E-state index is 12.1. The molecule has 0 spiro atoms. The highest BCUT2D eigenvalue weighted by Crippen LogP contribution is 2.33. The number of aromatic nitrogens is 2. The van der Waals surface area contributed by atoms with E-state index in [0.717, 1.165) is 24.4 Å². The van der Waals surface area contributed by atoms with Gasteiger partial charge in [0, 0.05) is 25.4 Å². The molecule has 1 fully saturated rings. The molecular weight excluding hydrogens is 262 g/mol. The Bertz CT molecular complexity index is 466. The molecule has 0 radical (unpaired) electrons. The van der Waals surface area contributed by atoms with Crippen molar-refractivity contribution in [3.05, 3.63) is 16.4 Å². The van der Waals surface area contributed by atoms with E-state index in [1.165, 1.54) is 12.8 Å². The number of aryl methyl sites for hydroxylation is 2. The molecule has 0 saturated heterocycles. The van der Waals surface area contributed by atoms with Gasteiger partial charge in [0.25, 0.3) is 0 Å². The van der Waals surface area contributed by atoms with Crippen molar-refractivity contribution in [2.24, 2.45) is 11.7 Å². The first-order valence-electron chi connectivity index (χ1n) is 7.08. The quantitative estimate of drug-likeness (QED) is 0.836. The smallest absolute Gasteiger partial charge is 0.140 e. The topological polar surface area (TPSA) is 60.9 Å². The van der Waals surface area contributed by atoms with Gasteiger partial charge in [-0.15, -0.1) is 0 Å². The monoisotopic (exact) mass is 283 g/mol. The van der Waals surface area contributed by atoms with E-state index in [4.69, 9.17) is 17.3 Å². The predicted octanol–water partition coefficient (Wildman–Crippen LogP) is 2.36. The number of halogens is 1. The third kappa shape index (κ3) is 3.37. The molecule has 5 heteroatoms. The molecule has 1 aromatic rings. The van der Waals surface area contributed by atoms with E-state index in [-0.39, 0.29) is 11.8 Å². The van der Waals surface area contributed by atoms with Gasteiger partial charge in [-0.25, -0.2) is 0 Å². The Kier molecular flexibility index (Phi) is 4.63. The van der Waals surface area contributed by atoms with E-state index < -0.39 is 0 Å². The molecule has 1 atom stereocenters. The highest BCUT2D eigenvalue weighted by molar-refractivity contribution is 6.32. The summed E-state index contributed by atoms with van der Waals surface area (Å²) in [6, 6.07) is 0.0231. The molecule has 4 nitrogen and oxygen atoms in total. The minimum absolute atomic E-state index is 0.0231. The number of rotatable bonds is 7. The summed E-state index contributed by atoms with van der Waals surface area (Å²) in [5.74, 6) is 0.722. The van der Waals surface area contributed by atoms with Crippen LogP contribution in [-0.2, 0) is 24.2 Å². The van der Waals surface area contributed by atoms with Crippen molar-refractivity contribution >= 4 is 17.4 Å². The number of ketones is 1. The van der Waals surface area contributed by atoms with Crippen LogP contribution in [-0.4, -0.2) is 21.6 Å². The summed E-state index contributed by atoms with van der Waals surface area (Å²) in [5.41, 5.74) is 7.71. The van der Waals surface area contributed by atoms with E-state index in [1.807, 2.05) is 18.5 Å². The number of nitrogens with two attached hydrogens (primary N) is 1. The van der Waals surface area contributed by atoms with E-state index in [2.05, 4.69) is 5.10 Å². The lowest BCUT2D eigenvalue weighted by Crippen LogP contribution is -2.27. The largest absolute Gasteiger partial charge is 0.327 e. The number of hydrogen-bond acceptors (Lipinski definition) is 3. The first-order valence-corrected chi connectivity index (χ1v) is 7.45. The summed E-state index contributed by atoms with van der Waals surface area (Å²) < 4.78 is 1.84. The van der Waals surface area contributed by atoms with Crippen molar-refractivity contribution in [1.29, 1.82) is 0 Å². The number of carbonyl (C=O) groups is 1. The second kappa shape index (κ2) is 6.06. The lowest BCUT2D eigenvalue weighted by atomic mass is 10.0. The van der Waals surface area contributed by atoms with E-state index in [0.29, 0.717) is 23.8 Å². The summed E-state index contributed by atoms with van der Waals surface area (Å²) in [5, 5.41) is 5.08. The van der Waals surface area contributed by atoms with Crippen molar-refractivity contribution in [2.75, 3.05) is 0 Å². The fraction of sp³-hybridized carbons (Fsp3) is 0.714. The van der Waals surface area contributed by atoms with Gasteiger partial charge in [-0.1, -0.05) is 18.5 Å². The predicted molar refractivity (Wildman–Crippen MR) is 76.3 cm³/mol. The molecule has 2 N–H and O–H groups in total. The van der Waals surface area contributed by atoms with Crippen LogP contribution in [0.1, 0.15) is 44.5 Å². The van der Waals surface area contributed by atoms with Crippen molar-refractivity contribution in [3.63, 3.8) is 0 Å². The van der Waals surface area contributed by atoms with Crippen LogP contribution >= 0.6 is 11.6 Å². The molecule has 0 amide bonds. The third-order valence-corrected chi connectivity index (χ3v) is 4.19. The average Bonchev–Trinajstić information content (AvgIpc) is 3.18. The molecule has 0 aliphatic heterocycles. The zero-order valence-corrected chi connectivity index (χ0v) is 12.4. The average molecular weight is 284 g/mol. The molecule has 0 aromatic carbocycles. The second-order valence-electron chi connectivity index (χ2n) is 5.30. The van der Waals surface area contributed by atoms with Crippen molar-refractivity contribution in [2.45, 2.75) is 58.5 Å². The summed E-state index contributed by atoms with van der Waals surface area (Å²) >= 11 is 6.30. The van der Waals surface area contributed by atoms with E-state index >= 15 is 0 Å². The van der Waals surface area contributed by atoms with Gasteiger partial charge in [-0.05, 0) is 32.1 Å². The first-order chi connectivity index (χ1) is 9.06. The fourth-order valence-corrected chi connectivity index (χ4v) is 2.73. The number of nitrogens with zero attached hydrogens (tertiary/aromatic N) is 2. The Morgan fingerprint density at radius 1 is 1.53 bits per heavy atom. The number of hydrogen-bond donors (Lipinski definition) is 1. The normalized spacial score (nSPS) is 16.6. The highest BCUT2D eigenvalue weighted by atomic mass is 35.5. The maximum Gasteiger partial charge on any atom is 0.140 e. The van der Waals surface area contributed by atoms with Crippen molar-refractivity contribution in [3.8, 4) is 0 Å². The maximum absolute atomic E-state index is 12.1. The Labute approximate surface area is 119 Å². The molecule has 1 saturated carbocycles. The van der Waals surface area contributed by atoms with Gasteiger partial charge in [0.1, 0.15) is 5.78 Å². The molecule has 19 heavy (non-hydrogen) atoms. The molecule has 1 unspecified atom stereocenters. The van der Waals surface area contributed by atoms with Gasteiger partial charge in [-0.3, -0.25) is 9.48 Å². The van der Waals surface area contributed by atoms with E-state index in [1.54, 1.807) is 0 Å². The van der Waals surface area contributed by atoms with Crippen LogP contribution < -0.4 is 5.73 Å². The molecule has 1 heterocycles. The number of Topliss-reactive ketones (excluding diaryl/α,β-unsaturated/α-hetero) is 1. The van der Waals surface area contributed by atoms with Gasteiger partial charge in [0.15, 0.2) is 0 Å². The fourth-order valence-electron chi connectivity index (χ4n) is 2.40. The summed E-state index contributed by atoms with van der Waals surface area (Å²) in [7, 11) is 0. The molecular formula is C14H22ClN3O. The summed E-state index contributed by atoms with van der Waals surface area (Å²) in [4.78, 5) is 12.1. The molecule has 1 aliphatic carbocycles. The molecule has 1 aromatic heterocycles. The summed E-state index contributed by atoms with van der Waals surface area (Å²) in [6.45, 7) is 4.76. The van der Waals surface area contributed by atoms with Crippen LogP contribution in [0.2, 0.25) is 5.02 Å². The zero-order valence-electron chi connectivity index (χ0n) is 11.7. The molecule has 0 bridgehead atoms. The Hall–Kier alpha value is -0.870. The van der Waals surface area contributed by atoms with Crippen molar-refractivity contribution in [1.82, 2.24) is 9.78 Å². The number of carbonyl (C=O) groups excluding carboxylic acids is 1. The van der Waals surface area contributed by atoms with Crippen LogP contribution in [0, 0.1) is 5.92 Å². The van der Waals surface area contributed by atoms with Gasteiger partial charge in [0.05, 0.1) is 16.4 Å². The minimum Gasteiger partial charge on any atom is -0.327 e. The standard InChI is InChI=1S/C14H22ClN3O/c1-3-12-14(15)13(18(4-2)17-12)8-10(19)7-11(16)9-5-6-9/h9,11H,3-8,16H2,1-2H3. The molecule has 1 aliphatic rings. The van der Waals surface area contributed by atoms with Gasteiger partial charge in [0.2, 0.25) is 0 Å². The Morgan fingerprint density at radius 3 is 2.74 bits per heavy atom. The van der Waals surface area contributed by atoms with E-state index in [9.17, 15) is 4.79 Å². The van der Waals surface area contributed by atoms with Crippen LogP contribution in [0.3, 0.4) is 0 Å². The van der Waals surface area contributed by atoms with Gasteiger partial charge >= 0.3 is 0 Å². The highest BCUT2D eigenvalue weighted by Gasteiger charge is 2.30. The van der Waals surface area contributed by atoms with Crippen LogP contribution in [0.25, 0.3) is 0 Å². The Morgan fingerprint density at radius 2 is 2.21 bits per heavy atom. The summed E-state index contributed by atoms with van der Waals surface area (Å²) in [6.07, 6.45) is 3.93. The minimum atomic E-state index is 0.0231. The van der Waals surface area contributed by atoms with Crippen molar-refractivity contribution < 1.29 is 4.79 Å². The molecule has 2 rings (SSSR count). The van der Waals surface area contributed by atoms with Crippen LogP contribution in [0.4, 0.5) is 0 Å². The Balaban J connectivity index is 2.04. The molecule has 106 valence electrons. The second-order valence-corrected chi connectivity index (χ2v) is 5.68. The lowest BCUT2D eigenvalue weighted by Gasteiger charge is -2.10. The lowest BCUT2D eigenvalue weighted by molar-refractivity contribution is -0.118. The SMILES string of the molecule is CCc1nn(CC)c(CC(=O)CC(N)C2CC2)c1Cl. The van der Waals surface area contributed by atoms with Gasteiger partial charge < -0.3 is 5.73 Å².